The molecule has 9 nitrogen and oxygen atoms in total. The van der Waals surface area contributed by atoms with E-state index in [0.29, 0.717) is 29.9 Å². The quantitative estimate of drug-likeness (QED) is 0.615. The molecule has 2 N–H and O–H groups in total. The summed E-state index contributed by atoms with van der Waals surface area (Å²) in [6.45, 7) is 2.98. The second kappa shape index (κ2) is 8.47. The van der Waals surface area contributed by atoms with Gasteiger partial charge in [0.05, 0.1) is 11.9 Å². The Bertz CT molecular complexity index is 1050. The fraction of sp³-hybridized carbons (Fsp3) is 0.316. The molecule has 0 fully saturated rings. The molecule has 3 rings (SSSR count). The third-order valence-electron chi connectivity index (χ3n) is 4.34. The first-order valence-corrected chi connectivity index (χ1v) is 9.03. The number of carbonyl (C=O) groups excluding carboxylic acids is 1. The first-order chi connectivity index (χ1) is 13.5. The number of amides is 1. The maximum atomic E-state index is 12.4. The first-order valence-electron chi connectivity index (χ1n) is 9.03. The van der Waals surface area contributed by atoms with E-state index in [1.807, 2.05) is 0 Å². The predicted molar refractivity (Wildman–Crippen MR) is 103 cm³/mol. The van der Waals surface area contributed by atoms with Gasteiger partial charge in [-0.1, -0.05) is 13.3 Å². The van der Waals surface area contributed by atoms with E-state index in [-0.39, 0.29) is 23.5 Å². The molecule has 0 aliphatic heterocycles. The van der Waals surface area contributed by atoms with Gasteiger partial charge in [0.1, 0.15) is 6.33 Å². The van der Waals surface area contributed by atoms with Crippen LogP contribution in [0.4, 0.5) is 5.69 Å². The maximum absolute atomic E-state index is 12.4. The van der Waals surface area contributed by atoms with E-state index >= 15 is 0 Å². The third kappa shape index (κ3) is 4.25. The Kier molecular flexibility index (Phi) is 5.83. The van der Waals surface area contributed by atoms with Crippen LogP contribution in [0, 0.1) is 0 Å². The summed E-state index contributed by atoms with van der Waals surface area (Å²) < 4.78 is 3.23. The van der Waals surface area contributed by atoms with E-state index in [9.17, 15) is 14.4 Å². The summed E-state index contributed by atoms with van der Waals surface area (Å²) in [5, 5.41) is 11.6. The van der Waals surface area contributed by atoms with Crippen molar-refractivity contribution in [2.75, 3.05) is 5.32 Å². The molecule has 146 valence electrons. The van der Waals surface area contributed by atoms with Gasteiger partial charge in [-0.15, -0.1) is 0 Å². The molecule has 3 aromatic rings. The van der Waals surface area contributed by atoms with Crippen molar-refractivity contribution in [1.82, 2.24) is 19.1 Å². The number of carboxylic acids is 1. The van der Waals surface area contributed by atoms with Crippen LogP contribution in [0.25, 0.3) is 11.2 Å². The van der Waals surface area contributed by atoms with Gasteiger partial charge >= 0.3 is 5.97 Å². The number of aryl methyl sites for hydroxylation is 2. The van der Waals surface area contributed by atoms with E-state index < -0.39 is 5.97 Å². The number of fused-ring (bicyclic) bond motifs is 1. The number of carboxylic acid groups (broad SMARTS) is 1. The van der Waals surface area contributed by atoms with E-state index in [0.717, 1.165) is 12.8 Å². The Morgan fingerprint density at radius 3 is 2.46 bits per heavy atom. The minimum Gasteiger partial charge on any atom is -0.478 e. The van der Waals surface area contributed by atoms with E-state index in [1.165, 1.54) is 36.9 Å². The standard InChI is InChI=1S/C19H21N5O4/c1-2-3-9-24-12-21-17-16(18(24)26)20-11-23(17)10-8-15(25)22-14-6-4-13(5-7-14)19(27)28/h4-7,11-12H,2-3,8-10H2,1H3,(H,22,25)(H,27,28). The molecule has 0 radical (unpaired) electrons. The van der Waals surface area contributed by atoms with Crippen LogP contribution in [0.5, 0.6) is 0 Å². The Balaban J connectivity index is 1.64. The van der Waals surface area contributed by atoms with Crippen LogP contribution in [0.1, 0.15) is 36.5 Å². The van der Waals surface area contributed by atoms with Gasteiger partial charge in [0, 0.05) is 25.2 Å². The first kappa shape index (κ1) is 19.3. The third-order valence-corrected chi connectivity index (χ3v) is 4.34. The lowest BCUT2D eigenvalue weighted by Gasteiger charge is -2.07. The molecule has 0 aliphatic carbocycles. The van der Waals surface area contributed by atoms with Gasteiger partial charge in [-0.05, 0) is 30.7 Å². The second-order valence-electron chi connectivity index (χ2n) is 6.39. The Labute approximate surface area is 160 Å². The fourth-order valence-electron chi connectivity index (χ4n) is 2.77. The molecule has 1 aromatic carbocycles. The van der Waals surface area contributed by atoms with Crippen molar-refractivity contribution in [3.63, 3.8) is 0 Å². The summed E-state index contributed by atoms with van der Waals surface area (Å²) in [4.78, 5) is 43.9. The van der Waals surface area contributed by atoms with Gasteiger partial charge in [-0.2, -0.15) is 0 Å². The normalized spacial score (nSPS) is 10.9. The molecule has 1 amide bonds. The lowest BCUT2D eigenvalue weighted by atomic mass is 10.2. The summed E-state index contributed by atoms with van der Waals surface area (Å²) in [6, 6.07) is 5.92. The number of nitrogens with one attached hydrogen (secondary N) is 1. The number of unbranched alkanes of at least 4 members (excludes halogenated alkanes) is 1. The number of aromatic carboxylic acids is 1. The number of hydrogen-bond acceptors (Lipinski definition) is 5. The fourth-order valence-corrected chi connectivity index (χ4v) is 2.77. The van der Waals surface area contributed by atoms with Crippen molar-refractivity contribution in [1.29, 1.82) is 0 Å². The average Bonchev–Trinajstić information content (AvgIpc) is 3.10. The molecule has 0 unspecified atom stereocenters. The molecule has 0 saturated carbocycles. The van der Waals surface area contributed by atoms with Crippen molar-refractivity contribution in [3.05, 3.63) is 52.8 Å². The highest BCUT2D eigenvalue weighted by Gasteiger charge is 2.12. The van der Waals surface area contributed by atoms with Gasteiger partial charge in [0.2, 0.25) is 5.91 Å². The zero-order valence-electron chi connectivity index (χ0n) is 15.5. The van der Waals surface area contributed by atoms with Gasteiger partial charge in [-0.25, -0.2) is 14.8 Å². The van der Waals surface area contributed by atoms with Gasteiger partial charge in [-0.3, -0.25) is 14.2 Å². The number of rotatable bonds is 8. The number of carbonyl (C=O) groups is 2. The molecule has 2 aromatic heterocycles. The molecule has 0 saturated heterocycles. The van der Waals surface area contributed by atoms with Crippen molar-refractivity contribution in [2.24, 2.45) is 0 Å². The predicted octanol–water partition coefficient (Wildman–Crippen LogP) is 2.12. The number of nitrogens with zero attached hydrogens (tertiary/aromatic N) is 4. The van der Waals surface area contributed by atoms with E-state index in [2.05, 4.69) is 22.2 Å². The van der Waals surface area contributed by atoms with Crippen LogP contribution in [0.3, 0.4) is 0 Å². The van der Waals surface area contributed by atoms with E-state index in [1.54, 1.807) is 9.13 Å². The molecule has 2 heterocycles. The summed E-state index contributed by atoms with van der Waals surface area (Å²) in [5.41, 5.74) is 1.24. The summed E-state index contributed by atoms with van der Waals surface area (Å²) >= 11 is 0. The van der Waals surface area contributed by atoms with E-state index in [4.69, 9.17) is 5.11 Å². The van der Waals surface area contributed by atoms with Crippen LogP contribution in [-0.2, 0) is 17.9 Å². The molecule has 0 bridgehead atoms. The number of hydrogen-bond donors (Lipinski definition) is 2. The molecular formula is C19H21N5O4. The lowest BCUT2D eigenvalue weighted by molar-refractivity contribution is -0.116. The molecule has 0 atom stereocenters. The van der Waals surface area contributed by atoms with Crippen LogP contribution >= 0.6 is 0 Å². The number of benzene rings is 1. The Morgan fingerprint density at radius 2 is 1.79 bits per heavy atom. The van der Waals surface area contributed by atoms with Crippen molar-refractivity contribution in [2.45, 2.75) is 39.3 Å². The lowest BCUT2D eigenvalue weighted by Crippen LogP contribution is -2.21. The van der Waals surface area contributed by atoms with Crippen LogP contribution in [0.2, 0.25) is 0 Å². The SMILES string of the molecule is CCCCn1cnc2c(ncn2CCC(=O)Nc2ccc(C(=O)O)cc2)c1=O. The van der Waals surface area contributed by atoms with Crippen molar-refractivity contribution in [3.8, 4) is 0 Å². The van der Waals surface area contributed by atoms with Crippen molar-refractivity contribution < 1.29 is 14.7 Å². The Morgan fingerprint density at radius 1 is 1.07 bits per heavy atom. The molecular weight excluding hydrogens is 362 g/mol. The van der Waals surface area contributed by atoms with Crippen LogP contribution < -0.4 is 10.9 Å². The van der Waals surface area contributed by atoms with Crippen LogP contribution in [-0.4, -0.2) is 36.1 Å². The van der Waals surface area contributed by atoms with Gasteiger partial charge < -0.3 is 15.0 Å². The Hall–Kier alpha value is -3.49. The number of aromatic nitrogens is 4. The average molecular weight is 383 g/mol. The topological polar surface area (TPSA) is 119 Å². The number of imidazole rings is 1. The van der Waals surface area contributed by atoms with Gasteiger partial charge in [0.15, 0.2) is 11.2 Å². The maximum Gasteiger partial charge on any atom is 0.335 e. The number of anilines is 1. The highest BCUT2D eigenvalue weighted by Crippen LogP contribution is 2.11. The molecule has 0 spiro atoms. The highest BCUT2D eigenvalue weighted by atomic mass is 16.4. The van der Waals surface area contributed by atoms with Gasteiger partial charge in [0.25, 0.3) is 5.56 Å². The smallest absolute Gasteiger partial charge is 0.335 e. The highest BCUT2D eigenvalue weighted by molar-refractivity contribution is 5.92. The molecule has 9 heteroatoms. The zero-order valence-corrected chi connectivity index (χ0v) is 15.5. The summed E-state index contributed by atoms with van der Waals surface area (Å²) in [7, 11) is 0. The van der Waals surface area contributed by atoms with Crippen LogP contribution in [0.15, 0.2) is 41.7 Å². The summed E-state index contributed by atoms with van der Waals surface area (Å²) in [6.07, 6.45) is 5.06. The molecule has 28 heavy (non-hydrogen) atoms. The summed E-state index contributed by atoms with van der Waals surface area (Å²) in [5.74, 6) is -1.26. The second-order valence-corrected chi connectivity index (χ2v) is 6.39. The minimum absolute atomic E-state index is 0.151. The molecule has 0 aliphatic rings. The van der Waals surface area contributed by atoms with Crippen molar-refractivity contribution >= 4 is 28.7 Å². The minimum atomic E-state index is -1.02. The monoisotopic (exact) mass is 383 g/mol. The largest absolute Gasteiger partial charge is 0.478 e. The zero-order chi connectivity index (χ0) is 20.1.